The van der Waals surface area contributed by atoms with Crippen LogP contribution in [0, 0.1) is 0 Å². The summed E-state index contributed by atoms with van der Waals surface area (Å²) in [6.45, 7) is 5.17. The molecule has 0 heterocycles. The summed E-state index contributed by atoms with van der Waals surface area (Å²) in [5, 5.41) is 4.43. The van der Waals surface area contributed by atoms with Crippen LogP contribution >= 0.6 is 11.6 Å². The highest BCUT2D eigenvalue weighted by atomic mass is 35.5. The molecule has 0 fully saturated rings. The number of amides is 1. The van der Waals surface area contributed by atoms with Gasteiger partial charge in [0.2, 0.25) is 0 Å². The molecule has 0 saturated carbocycles. The van der Waals surface area contributed by atoms with E-state index in [1.54, 1.807) is 36.4 Å². The van der Waals surface area contributed by atoms with Crippen LogP contribution in [0.1, 0.15) is 35.3 Å². The molecule has 1 amide bonds. The average Bonchev–Trinajstić information content (AvgIpc) is 2.80. The van der Waals surface area contributed by atoms with Crippen LogP contribution in [0.4, 0.5) is 0 Å². The second-order valence-electron chi connectivity index (χ2n) is 6.69. The van der Waals surface area contributed by atoms with E-state index in [9.17, 15) is 4.79 Å². The molecule has 3 aromatic rings. The molecular formula is C25H25ClN2O4. The van der Waals surface area contributed by atoms with Crippen molar-refractivity contribution >= 4 is 23.7 Å². The van der Waals surface area contributed by atoms with Crippen molar-refractivity contribution in [2.24, 2.45) is 5.10 Å². The number of hydrogen-bond donors (Lipinski definition) is 1. The third-order valence-corrected chi connectivity index (χ3v) is 4.65. The minimum Gasteiger partial charge on any atom is -0.494 e. The Balaban J connectivity index is 1.67. The number of ether oxygens (including phenoxy) is 3. The summed E-state index contributed by atoms with van der Waals surface area (Å²) in [6, 6.07) is 20.1. The average molecular weight is 453 g/mol. The number of rotatable bonds is 10. The number of nitrogens with one attached hydrogen (secondary N) is 1. The topological polar surface area (TPSA) is 69.2 Å². The van der Waals surface area contributed by atoms with Gasteiger partial charge < -0.3 is 14.2 Å². The summed E-state index contributed by atoms with van der Waals surface area (Å²) in [5.74, 6) is 1.35. The van der Waals surface area contributed by atoms with Crippen LogP contribution in [0.25, 0.3) is 0 Å². The van der Waals surface area contributed by atoms with Crippen LogP contribution in [0.15, 0.2) is 71.8 Å². The summed E-state index contributed by atoms with van der Waals surface area (Å²) >= 11 is 6.45. The van der Waals surface area contributed by atoms with Crippen LogP contribution in [-0.2, 0) is 6.61 Å². The zero-order chi connectivity index (χ0) is 22.8. The largest absolute Gasteiger partial charge is 0.494 e. The van der Waals surface area contributed by atoms with Crippen LogP contribution in [0.5, 0.6) is 17.2 Å². The standard InChI is InChI=1S/C25H25ClN2O4/c1-3-30-21-12-10-20(11-13-21)25(29)28-27-16-19-14-22(26)24(23(15-19)31-4-2)32-17-18-8-6-5-7-9-18/h5-16H,3-4,17H2,1-2H3,(H,28,29)/b27-16+. The molecule has 0 aliphatic carbocycles. The third kappa shape index (κ3) is 6.49. The fourth-order valence-corrected chi connectivity index (χ4v) is 3.17. The zero-order valence-corrected chi connectivity index (χ0v) is 18.8. The lowest BCUT2D eigenvalue weighted by atomic mass is 10.2. The molecule has 0 aliphatic rings. The molecule has 0 atom stereocenters. The maximum Gasteiger partial charge on any atom is 0.271 e. The molecule has 0 spiro atoms. The molecule has 0 unspecified atom stereocenters. The summed E-state index contributed by atoms with van der Waals surface area (Å²) in [7, 11) is 0. The fourth-order valence-electron chi connectivity index (χ4n) is 2.89. The minimum absolute atomic E-state index is 0.330. The molecule has 3 rings (SSSR count). The van der Waals surface area contributed by atoms with E-state index in [1.165, 1.54) is 6.21 Å². The highest BCUT2D eigenvalue weighted by molar-refractivity contribution is 6.32. The smallest absolute Gasteiger partial charge is 0.271 e. The molecule has 6 nitrogen and oxygen atoms in total. The highest BCUT2D eigenvalue weighted by Gasteiger charge is 2.13. The normalized spacial score (nSPS) is 10.7. The van der Waals surface area contributed by atoms with E-state index in [2.05, 4.69) is 10.5 Å². The molecule has 0 saturated heterocycles. The van der Waals surface area contributed by atoms with E-state index in [4.69, 9.17) is 25.8 Å². The van der Waals surface area contributed by atoms with E-state index in [0.717, 1.165) is 5.56 Å². The molecule has 3 aromatic carbocycles. The van der Waals surface area contributed by atoms with Crippen LogP contribution in [0.2, 0.25) is 5.02 Å². The number of benzene rings is 3. The lowest BCUT2D eigenvalue weighted by molar-refractivity contribution is 0.0955. The predicted molar refractivity (Wildman–Crippen MR) is 126 cm³/mol. The van der Waals surface area contributed by atoms with Crippen molar-refractivity contribution in [2.75, 3.05) is 13.2 Å². The Morgan fingerprint density at radius 2 is 1.69 bits per heavy atom. The van der Waals surface area contributed by atoms with Gasteiger partial charge in [0.1, 0.15) is 12.4 Å². The number of halogens is 1. The highest BCUT2D eigenvalue weighted by Crippen LogP contribution is 2.37. The van der Waals surface area contributed by atoms with Gasteiger partial charge in [0.05, 0.1) is 24.5 Å². The summed E-state index contributed by atoms with van der Waals surface area (Å²) in [4.78, 5) is 12.3. The van der Waals surface area contributed by atoms with Gasteiger partial charge in [-0.1, -0.05) is 41.9 Å². The van der Waals surface area contributed by atoms with Gasteiger partial charge in [-0.15, -0.1) is 0 Å². The first-order chi connectivity index (χ1) is 15.6. The fraction of sp³-hybridized carbons (Fsp3) is 0.200. The minimum atomic E-state index is -0.330. The van der Waals surface area contributed by atoms with E-state index in [0.29, 0.717) is 53.2 Å². The Bertz CT molecular complexity index is 1050. The molecule has 1 N–H and O–H groups in total. The van der Waals surface area contributed by atoms with Crippen molar-refractivity contribution in [3.05, 3.63) is 88.4 Å². The SMILES string of the molecule is CCOc1ccc(C(=O)N/N=C/c2cc(Cl)c(OCc3ccccc3)c(OCC)c2)cc1. The van der Waals surface area contributed by atoms with Crippen LogP contribution in [-0.4, -0.2) is 25.3 Å². The van der Waals surface area contributed by atoms with Gasteiger partial charge >= 0.3 is 0 Å². The Morgan fingerprint density at radius 3 is 2.38 bits per heavy atom. The maximum atomic E-state index is 12.3. The van der Waals surface area contributed by atoms with E-state index in [-0.39, 0.29) is 5.91 Å². The monoisotopic (exact) mass is 452 g/mol. The summed E-state index contributed by atoms with van der Waals surface area (Å²) in [5.41, 5.74) is 4.67. The van der Waals surface area contributed by atoms with Gasteiger partial charge in [-0.2, -0.15) is 5.10 Å². The molecule has 0 bridgehead atoms. The Labute approximate surface area is 192 Å². The van der Waals surface area contributed by atoms with Gasteiger partial charge in [0.15, 0.2) is 11.5 Å². The van der Waals surface area contributed by atoms with Gasteiger partial charge in [-0.25, -0.2) is 5.43 Å². The van der Waals surface area contributed by atoms with Crippen LogP contribution in [0.3, 0.4) is 0 Å². The first-order valence-electron chi connectivity index (χ1n) is 10.3. The Hall–Kier alpha value is -3.51. The molecule has 32 heavy (non-hydrogen) atoms. The number of hydrazone groups is 1. The first kappa shape index (κ1) is 23.2. The van der Waals surface area contributed by atoms with E-state index < -0.39 is 0 Å². The Kier molecular flexibility index (Phi) is 8.52. The molecule has 0 aliphatic heterocycles. The number of nitrogens with zero attached hydrogens (tertiary/aromatic N) is 1. The van der Waals surface area contributed by atoms with Crippen molar-refractivity contribution in [3.63, 3.8) is 0 Å². The molecule has 7 heteroatoms. The third-order valence-electron chi connectivity index (χ3n) is 4.36. The van der Waals surface area contributed by atoms with Crippen molar-refractivity contribution in [1.29, 1.82) is 0 Å². The van der Waals surface area contributed by atoms with Gasteiger partial charge in [-0.05, 0) is 61.4 Å². The van der Waals surface area contributed by atoms with Crippen molar-refractivity contribution in [2.45, 2.75) is 20.5 Å². The number of carbonyl (C=O) groups is 1. The van der Waals surface area contributed by atoms with Crippen molar-refractivity contribution in [3.8, 4) is 17.2 Å². The van der Waals surface area contributed by atoms with Gasteiger partial charge in [-0.3, -0.25) is 4.79 Å². The summed E-state index contributed by atoms with van der Waals surface area (Å²) in [6.07, 6.45) is 1.50. The lowest BCUT2D eigenvalue weighted by Crippen LogP contribution is -2.17. The molecule has 0 aromatic heterocycles. The second kappa shape index (κ2) is 11.8. The second-order valence-corrected chi connectivity index (χ2v) is 7.10. The number of hydrogen-bond acceptors (Lipinski definition) is 5. The van der Waals surface area contributed by atoms with Crippen molar-refractivity contribution < 1.29 is 19.0 Å². The molecule has 166 valence electrons. The van der Waals surface area contributed by atoms with E-state index in [1.807, 2.05) is 44.2 Å². The summed E-state index contributed by atoms with van der Waals surface area (Å²) < 4.78 is 17.0. The Morgan fingerprint density at radius 1 is 0.969 bits per heavy atom. The van der Waals surface area contributed by atoms with Gasteiger partial charge in [0, 0.05) is 5.56 Å². The van der Waals surface area contributed by atoms with Gasteiger partial charge in [0.25, 0.3) is 5.91 Å². The maximum absolute atomic E-state index is 12.3. The van der Waals surface area contributed by atoms with Crippen molar-refractivity contribution in [1.82, 2.24) is 5.43 Å². The van der Waals surface area contributed by atoms with E-state index >= 15 is 0 Å². The van der Waals surface area contributed by atoms with Crippen LogP contribution < -0.4 is 19.6 Å². The number of carbonyl (C=O) groups excluding carboxylic acids is 1. The molecule has 0 radical (unpaired) electrons. The zero-order valence-electron chi connectivity index (χ0n) is 18.0. The quantitative estimate of drug-likeness (QED) is 0.326. The first-order valence-corrected chi connectivity index (χ1v) is 10.7. The predicted octanol–water partition coefficient (Wildman–Crippen LogP) is 5.48. The lowest BCUT2D eigenvalue weighted by Gasteiger charge is -2.14. The molecular weight excluding hydrogens is 428 g/mol.